The number of amides is 3. The molecule has 210 valence electrons. The van der Waals surface area contributed by atoms with Crippen LogP contribution < -0.4 is 24.8 Å². The van der Waals surface area contributed by atoms with Gasteiger partial charge in [0.1, 0.15) is 29.4 Å². The molecule has 3 aliphatic heterocycles. The number of aromatic nitrogens is 3. The minimum absolute atomic E-state index is 0.0400. The van der Waals surface area contributed by atoms with Crippen LogP contribution in [0.1, 0.15) is 15.9 Å². The standard InChI is InChI=1S/C29H28N6O6/c1-39-24-11-8-19-12-25(24)40-17-27(36)30-13-18-6-9-20(10-7-18)41-26-15-34(14-23(26)31-29(19)38)28(37)16-35-32-21-4-2-3-5-22(21)33-35/h2-12,23,26H,13-17H2,1H3,(H,30,36)(H,31,38)/t23-,26-/m0/s1. The third-order valence-corrected chi connectivity index (χ3v) is 7.03. The molecule has 12 nitrogen and oxygen atoms in total. The van der Waals surface area contributed by atoms with E-state index in [1.165, 1.54) is 18.0 Å². The molecule has 0 unspecified atom stereocenters. The Morgan fingerprint density at radius 3 is 2.51 bits per heavy atom. The molecule has 4 bridgehead atoms. The summed E-state index contributed by atoms with van der Waals surface area (Å²) in [4.78, 5) is 42.0. The lowest BCUT2D eigenvalue weighted by atomic mass is 10.1. The molecule has 0 aliphatic carbocycles. The molecule has 7 rings (SSSR count). The summed E-state index contributed by atoms with van der Waals surface area (Å²) in [5.41, 5.74) is 2.60. The van der Waals surface area contributed by atoms with E-state index in [1.54, 1.807) is 29.2 Å². The van der Waals surface area contributed by atoms with Gasteiger partial charge in [-0.1, -0.05) is 24.3 Å². The van der Waals surface area contributed by atoms with E-state index in [9.17, 15) is 14.4 Å². The van der Waals surface area contributed by atoms with E-state index < -0.39 is 12.1 Å². The quantitative estimate of drug-likeness (QED) is 0.388. The largest absolute Gasteiger partial charge is 0.493 e. The Morgan fingerprint density at radius 2 is 1.78 bits per heavy atom. The Morgan fingerprint density at radius 1 is 1.02 bits per heavy atom. The van der Waals surface area contributed by atoms with E-state index in [1.807, 2.05) is 36.4 Å². The number of nitrogens with zero attached hydrogens (tertiary/aromatic N) is 4. The summed E-state index contributed by atoms with van der Waals surface area (Å²) in [5.74, 6) is 0.348. The summed E-state index contributed by atoms with van der Waals surface area (Å²) in [6.07, 6.45) is -0.511. The molecule has 1 saturated heterocycles. The topological polar surface area (TPSA) is 137 Å². The van der Waals surface area contributed by atoms with Crippen LogP contribution in [-0.4, -0.2) is 76.6 Å². The summed E-state index contributed by atoms with van der Waals surface area (Å²) in [7, 11) is 1.48. The number of hydrogen-bond acceptors (Lipinski definition) is 8. The predicted octanol–water partition coefficient (Wildman–Crippen LogP) is 1.54. The lowest BCUT2D eigenvalue weighted by Crippen LogP contribution is -2.45. The molecule has 4 aromatic rings. The summed E-state index contributed by atoms with van der Waals surface area (Å²) in [6, 6.07) is 18.9. The second kappa shape index (κ2) is 11.2. The van der Waals surface area contributed by atoms with Gasteiger partial charge in [0.25, 0.3) is 11.8 Å². The van der Waals surface area contributed by atoms with Gasteiger partial charge in [-0.25, -0.2) is 0 Å². The number of rotatable bonds is 3. The van der Waals surface area contributed by atoms with Gasteiger partial charge in [0.2, 0.25) is 5.91 Å². The number of hydrogen-bond donors (Lipinski definition) is 2. The van der Waals surface area contributed by atoms with Crippen molar-refractivity contribution in [2.45, 2.75) is 25.2 Å². The van der Waals surface area contributed by atoms with E-state index in [-0.39, 0.29) is 49.7 Å². The molecule has 41 heavy (non-hydrogen) atoms. The van der Waals surface area contributed by atoms with Crippen LogP contribution in [0, 0.1) is 0 Å². The van der Waals surface area contributed by atoms with E-state index in [4.69, 9.17) is 14.2 Å². The van der Waals surface area contributed by atoms with E-state index in [2.05, 4.69) is 20.8 Å². The van der Waals surface area contributed by atoms with E-state index in [0.29, 0.717) is 34.6 Å². The lowest BCUT2D eigenvalue weighted by Gasteiger charge is -2.21. The zero-order chi connectivity index (χ0) is 28.3. The Labute approximate surface area is 235 Å². The van der Waals surface area contributed by atoms with Crippen LogP contribution in [0.25, 0.3) is 11.0 Å². The highest BCUT2D eigenvalue weighted by Crippen LogP contribution is 2.28. The fourth-order valence-corrected chi connectivity index (χ4v) is 4.87. The van der Waals surface area contributed by atoms with Crippen LogP contribution in [0.5, 0.6) is 17.2 Å². The molecule has 1 aromatic heterocycles. The summed E-state index contributed by atoms with van der Waals surface area (Å²) in [6.45, 7) is 0.530. The summed E-state index contributed by atoms with van der Waals surface area (Å²) >= 11 is 0. The van der Waals surface area contributed by atoms with Crippen LogP contribution in [0.2, 0.25) is 0 Å². The Balaban J connectivity index is 1.25. The maximum atomic E-state index is 13.4. The lowest BCUT2D eigenvalue weighted by molar-refractivity contribution is -0.131. The molecule has 0 saturated carbocycles. The highest BCUT2D eigenvalue weighted by Gasteiger charge is 2.38. The monoisotopic (exact) mass is 556 g/mol. The predicted molar refractivity (Wildman–Crippen MR) is 147 cm³/mol. The molecule has 2 N–H and O–H groups in total. The van der Waals surface area contributed by atoms with Crippen LogP contribution >= 0.6 is 0 Å². The Bertz CT molecular complexity index is 1570. The third-order valence-electron chi connectivity index (χ3n) is 7.03. The van der Waals surface area contributed by atoms with Crippen LogP contribution in [-0.2, 0) is 22.7 Å². The highest BCUT2D eigenvalue weighted by molar-refractivity contribution is 5.95. The van der Waals surface area contributed by atoms with Gasteiger partial charge in [-0.3, -0.25) is 14.4 Å². The SMILES string of the molecule is COc1ccc2cc1OCC(=O)NCc1ccc(cc1)O[C@H]1CN(C(=O)Cn3nc4ccccc4n3)C[C@@H]1NC2=O. The first-order valence-electron chi connectivity index (χ1n) is 13.2. The van der Waals surface area contributed by atoms with Crippen molar-refractivity contribution in [3.05, 3.63) is 77.9 Å². The zero-order valence-corrected chi connectivity index (χ0v) is 22.3. The molecule has 0 radical (unpaired) electrons. The maximum absolute atomic E-state index is 13.4. The van der Waals surface area contributed by atoms with Crippen LogP contribution in [0.3, 0.4) is 0 Å². The number of likely N-dealkylation sites (tertiary alicyclic amines) is 1. The van der Waals surface area contributed by atoms with Gasteiger partial charge in [-0.15, -0.1) is 0 Å². The molecule has 3 amide bonds. The van der Waals surface area contributed by atoms with E-state index in [0.717, 1.165) is 5.56 Å². The number of carbonyl (C=O) groups is 3. The number of benzene rings is 3. The van der Waals surface area contributed by atoms with Gasteiger partial charge in [0, 0.05) is 18.7 Å². The van der Waals surface area contributed by atoms with Gasteiger partial charge < -0.3 is 29.7 Å². The van der Waals surface area contributed by atoms with Crippen molar-refractivity contribution >= 4 is 28.8 Å². The molecule has 0 spiro atoms. The van der Waals surface area contributed by atoms with Gasteiger partial charge in [-0.05, 0) is 48.0 Å². The Kier molecular flexibility index (Phi) is 7.11. The second-order valence-corrected chi connectivity index (χ2v) is 9.83. The van der Waals surface area contributed by atoms with Gasteiger partial charge >= 0.3 is 0 Å². The second-order valence-electron chi connectivity index (χ2n) is 9.83. The number of methoxy groups -OCH3 is 1. The molecule has 3 aliphatic rings. The summed E-state index contributed by atoms with van der Waals surface area (Å²) < 4.78 is 17.3. The van der Waals surface area contributed by atoms with Gasteiger partial charge in [0.15, 0.2) is 18.1 Å². The van der Waals surface area contributed by atoms with Crippen molar-refractivity contribution in [2.75, 3.05) is 26.8 Å². The number of ether oxygens (including phenoxy) is 3. The Hall–Kier alpha value is -5.13. The third kappa shape index (κ3) is 5.76. The normalized spacial score (nSPS) is 19.0. The van der Waals surface area contributed by atoms with E-state index >= 15 is 0 Å². The van der Waals surface area contributed by atoms with Crippen molar-refractivity contribution in [3.8, 4) is 17.2 Å². The molecule has 3 aromatic carbocycles. The molecular weight excluding hydrogens is 528 g/mol. The molecule has 4 heterocycles. The molecule has 2 atom stereocenters. The van der Waals surface area contributed by atoms with Gasteiger partial charge in [-0.2, -0.15) is 15.0 Å². The van der Waals surface area contributed by atoms with Crippen LogP contribution in [0.4, 0.5) is 0 Å². The minimum Gasteiger partial charge on any atom is -0.493 e. The summed E-state index contributed by atoms with van der Waals surface area (Å²) in [5, 5.41) is 14.6. The fourth-order valence-electron chi connectivity index (χ4n) is 4.87. The van der Waals surface area contributed by atoms with Crippen molar-refractivity contribution in [3.63, 3.8) is 0 Å². The molecular formula is C29H28N6O6. The average Bonchev–Trinajstić information content (AvgIpc) is 3.58. The first-order chi connectivity index (χ1) is 19.9. The first kappa shape index (κ1) is 26.1. The number of nitrogens with one attached hydrogen (secondary N) is 2. The van der Waals surface area contributed by atoms with Crippen molar-refractivity contribution in [1.82, 2.24) is 30.5 Å². The van der Waals surface area contributed by atoms with Crippen LogP contribution in [0.15, 0.2) is 66.7 Å². The average molecular weight is 557 g/mol. The van der Waals surface area contributed by atoms with Crippen molar-refractivity contribution in [2.24, 2.45) is 0 Å². The highest BCUT2D eigenvalue weighted by atomic mass is 16.5. The fraction of sp³-hybridized carbons (Fsp3) is 0.276. The van der Waals surface area contributed by atoms with Crippen molar-refractivity contribution in [1.29, 1.82) is 0 Å². The smallest absolute Gasteiger partial charge is 0.258 e. The van der Waals surface area contributed by atoms with Gasteiger partial charge in [0.05, 0.1) is 19.7 Å². The first-order valence-corrected chi connectivity index (χ1v) is 13.2. The minimum atomic E-state index is -0.511. The molecule has 1 fully saturated rings. The zero-order valence-electron chi connectivity index (χ0n) is 22.3. The maximum Gasteiger partial charge on any atom is 0.258 e. The number of carbonyl (C=O) groups excluding carboxylic acids is 3. The number of fused-ring (bicyclic) bond motifs is 8. The van der Waals surface area contributed by atoms with Crippen molar-refractivity contribution < 1.29 is 28.6 Å². The molecule has 12 heteroatoms.